The molecule has 1 aromatic carbocycles. The molecule has 1 aromatic rings. The summed E-state index contributed by atoms with van der Waals surface area (Å²) >= 11 is 0. The Morgan fingerprint density at radius 3 is 2.42 bits per heavy atom. The van der Waals surface area contributed by atoms with Gasteiger partial charge in [-0.05, 0) is 44.2 Å². The second kappa shape index (κ2) is 9.50. The van der Waals surface area contributed by atoms with Crippen LogP contribution in [0.5, 0.6) is 0 Å². The summed E-state index contributed by atoms with van der Waals surface area (Å²) in [5, 5.41) is 3.14. The van der Waals surface area contributed by atoms with Gasteiger partial charge >= 0.3 is 0 Å². The number of nitrogens with one attached hydrogen (secondary N) is 1. The van der Waals surface area contributed by atoms with E-state index in [1.54, 1.807) is 0 Å². The summed E-state index contributed by atoms with van der Waals surface area (Å²) in [6.07, 6.45) is 7.79. The lowest BCUT2D eigenvalue weighted by Gasteiger charge is -2.29. The number of hydrogen-bond acceptors (Lipinski definition) is 3. The van der Waals surface area contributed by atoms with E-state index >= 15 is 0 Å². The smallest absolute Gasteiger partial charge is 0.227 e. The topological polar surface area (TPSA) is 58.4 Å². The number of carbonyl (C=O) groups excluding carboxylic acids is 1. The molecule has 2 atom stereocenters. The van der Waals surface area contributed by atoms with Gasteiger partial charge in [-0.25, -0.2) is 0 Å². The second-order valence-electron chi connectivity index (χ2n) is 6.83. The number of anilines is 2. The van der Waals surface area contributed by atoms with Crippen molar-refractivity contribution >= 4 is 42.1 Å². The molecular formula is C18H29Cl2N3O. The van der Waals surface area contributed by atoms with E-state index in [4.69, 9.17) is 5.73 Å². The number of nitrogens with zero attached hydrogens (tertiary/aromatic N) is 1. The van der Waals surface area contributed by atoms with Crippen LogP contribution < -0.4 is 16.0 Å². The average molecular weight is 374 g/mol. The highest BCUT2D eigenvalue weighted by molar-refractivity contribution is 5.96. The van der Waals surface area contributed by atoms with Crippen molar-refractivity contribution in [2.45, 2.75) is 57.0 Å². The van der Waals surface area contributed by atoms with Gasteiger partial charge in [0.25, 0.3) is 0 Å². The number of halogens is 2. The Kier molecular flexibility index (Phi) is 8.34. The zero-order chi connectivity index (χ0) is 15.5. The Hall–Kier alpha value is -0.970. The van der Waals surface area contributed by atoms with Gasteiger partial charge in [0.15, 0.2) is 0 Å². The Morgan fingerprint density at radius 2 is 1.79 bits per heavy atom. The van der Waals surface area contributed by atoms with Crippen LogP contribution in [0.3, 0.4) is 0 Å². The van der Waals surface area contributed by atoms with Crippen molar-refractivity contribution < 1.29 is 4.79 Å². The molecule has 2 saturated carbocycles. The van der Waals surface area contributed by atoms with Crippen LogP contribution in [0.25, 0.3) is 0 Å². The van der Waals surface area contributed by atoms with E-state index in [0.29, 0.717) is 6.04 Å². The highest BCUT2D eigenvalue weighted by Crippen LogP contribution is 2.33. The zero-order valence-electron chi connectivity index (χ0n) is 14.2. The molecule has 0 heterocycles. The fraction of sp³-hybridized carbons (Fsp3) is 0.611. The second-order valence-corrected chi connectivity index (χ2v) is 6.83. The highest BCUT2D eigenvalue weighted by Gasteiger charge is 2.28. The van der Waals surface area contributed by atoms with Crippen LogP contribution in [0, 0.1) is 5.92 Å². The molecule has 0 aliphatic heterocycles. The van der Waals surface area contributed by atoms with Crippen molar-refractivity contribution in [1.29, 1.82) is 0 Å². The molecule has 0 spiro atoms. The third-order valence-electron chi connectivity index (χ3n) is 5.26. The molecule has 24 heavy (non-hydrogen) atoms. The van der Waals surface area contributed by atoms with Gasteiger partial charge in [0, 0.05) is 25.0 Å². The number of hydrogen-bond donors (Lipinski definition) is 2. The summed E-state index contributed by atoms with van der Waals surface area (Å²) in [5.74, 6) is 0.195. The Morgan fingerprint density at radius 1 is 1.12 bits per heavy atom. The molecule has 2 aliphatic rings. The number of amides is 1. The lowest BCUT2D eigenvalue weighted by atomic mass is 10.1. The van der Waals surface area contributed by atoms with Gasteiger partial charge in [-0.1, -0.05) is 25.0 Å². The van der Waals surface area contributed by atoms with E-state index in [-0.39, 0.29) is 42.7 Å². The standard InChI is InChI=1S/C18H27N3O.2ClH/c1-21(15-6-2-3-7-15)17-9-5-4-8-16(17)20-18(22)13-10-11-14(19)12-13;;/h4-5,8-9,13-15H,2-3,6-7,10-12,19H2,1H3,(H,20,22);2*1H. The molecule has 136 valence electrons. The summed E-state index contributed by atoms with van der Waals surface area (Å²) in [6.45, 7) is 0. The minimum Gasteiger partial charge on any atom is -0.370 e. The van der Waals surface area contributed by atoms with E-state index in [1.165, 1.54) is 25.7 Å². The number of rotatable bonds is 4. The largest absolute Gasteiger partial charge is 0.370 e. The zero-order valence-corrected chi connectivity index (χ0v) is 15.9. The minimum absolute atomic E-state index is 0. The summed E-state index contributed by atoms with van der Waals surface area (Å²) in [7, 11) is 2.15. The van der Waals surface area contributed by atoms with Crippen molar-refractivity contribution in [3.8, 4) is 0 Å². The molecule has 2 fully saturated rings. The summed E-state index contributed by atoms with van der Waals surface area (Å²) in [5.41, 5.74) is 7.99. The molecule has 0 radical (unpaired) electrons. The van der Waals surface area contributed by atoms with E-state index in [9.17, 15) is 4.79 Å². The monoisotopic (exact) mass is 373 g/mol. The first-order valence-electron chi connectivity index (χ1n) is 8.53. The first-order chi connectivity index (χ1) is 10.6. The van der Waals surface area contributed by atoms with Gasteiger partial charge in [0.05, 0.1) is 11.4 Å². The summed E-state index contributed by atoms with van der Waals surface area (Å²) < 4.78 is 0. The summed E-state index contributed by atoms with van der Waals surface area (Å²) in [6, 6.07) is 8.93. The predicted octanol–water partition coefficient (Wildman–Crippen LogP) is 3.97. The van der Waals surface area contributed by atoms with Gasteiger partial charge < -0.3 is 16.0 Å². The maximum atomic E-state index is 12.5. The van der Waals surface area contributed by atoms with Crippen LogP contribution in [0.1, 0.15) is 44.9 Å². The fourth-order valence-corrected chi connectivity index (χ4v) is 3.86. The fourth-order valence-electron chi connectivity index (χ4n) is 3.86. The first-order valence-corrected chi connectivity index (χ1v) is 8.53. The molecule has 0 saturated heterocycles. The molecular weight excluding hydrogens is 345 g/mol. The maximum Gasteiger partial charge on any atom is 0.227 e. The number of carbonyl (C=O) groups is 1. The minimum atomic E-state index is 0. The number of nitrogens with two attached hydrogens (primary N) is 1. The quantitative estimate of drug-likeness (QED) is 0.838. The van der Waals surface area contributed by atoms with Gasteiger partial charge in [-0.15, -0.1) is 24.8 Å². The third kappa shape index (κ3) is 4.78. The van der Waals surface area contributed by atoms with Gasteiger partial charge in [-0.3, -0.25) is 4.79 Å². The van der Waals surface area contributed by atoms with E-state index in [0.717, 1.165) is 30.6 Å². The molecule has 1 amide bonds. The molecule has 2 unspecified atom stereocenters. The van der Waals surface area contributed by atoms with Crippen LogP contribution in [0.15, 0.2) is 24.3 Å². The number of para-hydroxylation sites is 2. The van der Waals surface area contributed by atoms with E-state index in [1.807, 2.05) is 18.2 Å². The van der Waals surface area contributed by atoms with Crippen LogP contribution in [0.2, 0.25) is 0 Å². The van der Waals surface area contributed by atoms with E-state index in [2.05, 4.69) is 23.3 Å². The Labute approximate surface area is 157 Å². The Bertz CT molecular complexity index is 535. The van der Waals surface area contributed by atoms with Crippen LogP contribution in [-0.4, -0.2) is 25.0 Å². The molecule has 2 aliphatic carbocycles. The highest BCUT2D eigenvalue weighted by atomic mass is 35.5. The van der Waals surface area contributed by atoms with Crippen molar-refractivity contribution in [1.82, 2.24) is 0 Å². The van der Waals surface area contributed by atoms with Crippen molar-refractivity contribution in [2.75, 3.05) is 17.3 Å². The SMILES string of the molecule is CN(c1ccccc1NC(=O)C1CCC(N)C1)C1CCCC1.Cl.Cl. The van der Waals surface area contributed by atoms with Gasteiger partial charge in [-0.2, -0.15) is 0 Å². The average Bonchev–Trinajstić information content (AvgIpc) is 3.18. The normalized spacial score (nSPS) is 23.2. The van der Waals surface area contributed by atoms with Gasteiger partial charge in [0.1, 0.15) is 0 Å². The van der Waals surface area contributed by atoms with Crippen LogP contribution in [-0.2, 0) is 4.79 Å². The maximum absolute atomic E-state index is 12.5. The molecule has 4 nitrogen and oxygen atoms in total. The molecule has 6 heteroatoms. The van der Waals surface area contributed by atoms with Crippen LogP contribution >= 0.6 is 24.8 Å². The van der Waals surface area contributed by atoms with Crippen molar-refractivity contribution in [3.63, 3.8) is 0 Å². The summed E-state index contributed by atoms with van der Waals surface area (Å²) in [4.78, 5) is 14.8. The van der Waals surface area contributed by atoms with Gasteiger partial charge in [0.2, 0.25) is 5.91 Å². The van der Waals surface area contributed by atoms with E-state index < -0.39 is 0 Å². The lowest BCUT2D eigenvalue weighted by molar-refractivity contribution is -0.119. The predicted molar refractivity (Wildman–Crippen MR) is 106 cm³/mol. The Balaban J connectivity index is 0.00000144. The molecule has 0 bridgehead atoms. The molecule has 0 aromatic heterocycles. The molecule has 3 N–H and O–H groups in total. The van der Waals surface area contributed by atoms with Crippen LogP contribution in [0.4, 0.5) is 11.4 Å². The number of benzene rings is 1. The first kappa shape index (κ1) is 21.1. The molecule has 3 rings (SSSR count). The lowest BCUT2D eigenvalue weighted by Crippen LogP contribution is -2.30. The van der Waals surface area contributed by atoms with Crippen molar-refractivity contribution in [3.05, 3.63) is 24.3 Å². The van der Waals surface area contributed by atoms with Crippen molar-refractivity contribution in [2.24, 2.45) is 11.7 Å². The third-order valence-corrected chi connectivity index (χ3v) is 5.26.